The van der Waals surface area contributed by atoms with E-state index < -0.39 is 23.2 Å². The number of fused-ring (bicyclic) bond motifs is 1. The molecule has 4 rings (SSSR count). The Bertz CT molecular complexity index is 1500. The van der Waals surface area contributed by atoms with Crippen LogP contribution in [0.3, 0.4) is 0 Å². The second-order valence-corrected chi connectivity index (χ2v) is 8.87. The first-order chi connectivity index (χ1) is 17.5. The number of amides is 1. The van der Waals surface area contributed by atoms with Crippen LogP contribution in [0.15, 0.2) is 59.5 Å². The number of rotatable bonds is 7. The lowest BCUT2D eigenvalue weighted by Crippen LogP contribution is -2.21. The molecule has 1 amide bonds. The molecule has 0 bridgehead atoms. The summed E-state index contributed by atoms with van der Waals surface area (Å²) in [6.07, 6.45) is -2.92. The van der Waals surface area contributed by atoms with Gasteiger partial charge in [-0.1, -0.05) is 11.6 Å². The number of aromatic nitrogens is 3. The number of benzene rings is 2. The molecule has 192 valence electrons. The van der Waals surface area contributed by atoms with Crippen molar-refractivity contribution in [2.24, 2.45) is 0 Å². The lowest BCUT2D eigenvalue weighted by Gasteiger charge is -2.12. The molecule has 0 aliphatic carbocycles. The van der Waals surface area contributed by atoms with E-state index in [9.17, 15) is 22.8 Å². The third kappa shape index (κ3) is 6.25. The number of anilines is 2. The average molecular weight is 531 g/mol. The SMILES string of the molecule is CN(C)CCNc1ncc2cc(-c3cc(NC(=O)c4ccc(C(F)(F)F)cc4)ccc3Cl)c(=O)[nH]c2n1. The van der Waals surface area contributed by atoms with Crippen molar-refractivity contribution in [2.75, 3.05) is 37.8 Å². The van der Waals surface area contributed by atoms with Crippen molar-refractivity contribution in [1.29, 1.82) is 0 Å². The van der Waals surface area contributed by atoms with E-state index in [1.165, 1.54) is 18.2 Å². The van der Waals surface area contributed by atoms with E-state index in [2.05, 4.69) is 25.6 Å². The molecule has 3 N–H and O–H groups in total. The normalized spacial score (nSPS) is 11.6. The Kier molecular flexibility index (Phi) is 7.46. The van der Waals surface area contributed by atoms with Crippen LogP contribution < -0.4 is 16.2 Å². The Balaban J connectivity index is 1.58. The molecule has 0 saturated carbocycles. The van der Waals surface area contributed by atoms with Gasteiger partial charge in [0.2, 0.25) is 5.95 Å². The number of likely N-dealkylation sites (N-methyl/N-ethyl adjacent to an activating group) is 1. The molecular weight excluding hydrogens is 509 g/mol. The molecule has 2 aromatic heterocycles. The molecule has 0 saturated heterocycles. The molecule has 0 fully saturated rings. The van der Waals surface area contributed by atoms with E-state index in [1.807, 2.05) is 19.0 Å². The van der Waals surface area contributed by atoms with Gasteiger partial charge in [0.15, 0.2) is 0 Å². The maximum Gasteiger partial charge on any atom is 0.416 e. The van der Waals surface area contributed by atoms with Gasteiger partial charge in [0, 0.05) is 52.1 Å². The van der Waals surface area contributed by atoms with E-state index in [-0.39, 0.29) is 16.1 Å². The molecule has 2 aromatic carbocycles. The molecule has 0 atom stereocenters. The smallest absolute Gasteiger partial charge is 0.353 e. The zero-order valence-electron chi connectivity index (χ0n) is 19.8. The molecule has 0 radical (unpaired) electrons. The number of halogens is 4. The van der Waals surface area contributed by atoms with Gasteiger partial charge in [-0.2, -0.15) is 18.2 Å². The van der Waals surface area contributed by atoms with Crippen molar-refractivity contribution < 1.29 is 18.0 Å². The highest BCUT2D eigenvalue weighted by Gasteiger charge is 2.30. The maximum absolute atomic E-state index is 12.9. The van der Waals surface area contributed by atoms with Crippen LogP contribution in [-0.4, -0.2) is 52.9 Å². The van der Waals surface area contributed by atoms with Gasteiger partial charge in [-0.05, 0) is 62.6 Å². The summed E-state index contributed by atoms with van der Waals surface area (Å²) in [5.41, 5.74) is -0.0182. The van der Waals surface area contributed by atoms with E-state index >= 15 is 0 Å². The third-order valence-electron chi connectivity index (χ3n) is 5.42. The first-order valence-corrected chi connectivity index (χ1v) is 11.5. The van der Waals surface area contributed by atoms with Gasteiger partial charge in [-0.3, -0.25) is 9.59 Å². The average Bonchev–Trinajstić information content (AvgIpc) is 2.84. The van der Waals surface area contributed by atoms with Gasteiger partial charge in [0.25, 0.3) is 11.5 Å². The first-order valence-electron chi connectivity index (χ1n) is 11.1. The highest BCUT2D eigenvalue weighted by Crippen LogP contribution is 2.31. The summed E-state index contributed by atoms with van der Waals surface area (Å²) in [7, 11) is 3.89. The number of alkyl halides is 3. The second-order valence-electron chi connectivity index (χ2n) is 8.46. The summed E-state index contributed by atoms with van der Waals surface area (Å²) in [5, 5.41) is 6.54. The van der Waals surface area contributed by atoms with Crippen molar-refractivity contribution in [2.45, 2.75) is 6.18 Å². The lowest BCUT2D eigenvalue weighted by molar-refractivity contribution is -0.137. The van der Waals surface area contributed by atoms with Crippen LogP contribution in [0.5, 0.6) is 0 Å². The predicted octanol–water partition coefficient (Wildman–Crippen LogP) is 4.88. The van der Waals surface area contributed by atoms with E-state index in [4.69, 9.17) is 11.6 Å². The summed E-state index contributed by atoms with van der Waals surface area (Å²) >= 11 is 6.36. The largest absolute Gasteiger partial charge is 0.416 e. The van der Waals surface area contributed by atoms with E-state index in [1.54, 1.807) is 12.3 Å². The highest BCUT2D eigenvalue weighted by atomic mass is 35.5. The van der Waals surface area contributed by atoms with E-state index in [0.717, 1.165) is 30.8 Å². The number of carbonyl (C=O) groups excluding carboxylic acids is 1. The predicted molar refractivity (Wildman–Crippen MR) is 137 cm³/mol. The van der Waals surface area contributed by atoms with Crippen LogP contribution in [0.4, 0.5) is 24.8 Å². The number of nitrogens with zero attached hydrogens (tertiary/aromatic N) is 3. The molecule has 0 spiro atoms. The Morgan fingerprint density at radius 2 is 1.81 bits per heavy atom. The summed E-state index contributed by atoms with van der Waals surface area (Å²) < 4.78 is 38.3. The number of carbonyl (C=O) groups is 1. The Labute approximate surface area is 214 Å². The molecule has 2 heterocycles. The lowest BCUT2D eigenvalue weighted by atomic mass is 10.1. The van der Waals surface area contributed by atoms with Crippen LogP contribution in [0, 0.1) is 0 Å². The highest BCUT2D eigenvalue weighted by molar-refractivity contribution is 6.33. The zero-order valence-corrected chi connectivity index (χ0v) is 20.5. The maximum atomic E-state index is 12.9. The van der Waals surface area contributed by atoms with Crippen LogP contribution in [0.1, 0.15) is 15.9 Å². The molecule has 0 unspecified atom stereocenters. The van der Waals surface area contributed by atoms with Crippen molar-refractivity contribution in [1.82, 2.24) is 19.9 Å². The Morgan fingerprint density at radius 1 is 1.08 bits per heavy atom. The number of hydrogen-bond acceptors (Lipinski definition) is 6. The molecular formula is C25H22ClF3N6O2. The van der Waals surface area contributed by atoms with Crippen LogP contribution >= 0.6 is 11.6 Å². The minimum absolute atomic E-state index is 0.0418. The summed E-state index contributed by atoms with van der Waals surface area (Å²) in [6.45, 7) is 1.41. The fraction of sp³-hybridized carbons (Fsp3) is 0.200. The number of nitrogens with one attached hydrogen (secondary N) is 3. The molecule has 12 heteroatoms. The second kappa shape index (κ2) is 10.6. The molecule has 0 aliphatic rings. The van der Waals surface area contributed by atoms with Gasteiger partial charge in [-0.15, -0.1) is 0 Å². The van der Waals surface area contributed by atoms with Gasteiger partial charge < -0.3 is 20.5 Å². The van der Waals surface area contributed by atoms with E-state index in [0.29, 0.717) is 34.8 Å². The number of hydrogen-bond donors (Lipinski definition) is 3. The van der Waals surface area contributed by atoms with Crippen molar-refractivity contribution in [3.63, 3.8) is 0 Å². The third-order valence-corrected chi connectivity index (χ3v) is 5.75. The summed E-state index contributed by atoms with van der Waals surface area (Å²) in [4.78, 5) is 38.8. The van der Waals surface area contributed by atoms with Gasteiger partial charge in [-0.25, -0.2) is 4.98 Å². The summed E-state index contributed by atoms with van der Waals surface area (Å²) in [5.74, 6) is -0.235. The minimum Gasteiger partial charge on any atom is -0.353 e. The quantitative estimate of drug-likeness (QED) is 0.315. The Morgan fingerprint density at radius 3 is 2.49 bits per heavy atom. The van der Waals surface area contributed by atoms with Gasteiger partial charge >= 0.3 is 6.18 Å². The monoisotopic (exact) mass is 530 g/mol. The van der Waals surface area contributed by atoms with Gasteiger partial charge in [0.05, 0.1) is 5.56 Å². The van der Waals surface area contributed by atoms with Gasteiger partial charge in [0.1, 0.15) is 5.65 Å². The molecule has 8 nitrogen and oxygen atoms in total. The minimum atomic E-state index is -4.50. The van der Waals surface area contributed by atoms with Crippen LogP contribution in [-0.2, 0) is 6.18 Å². The van der Waals surface area contributed by atoms with Crippen molar-refractivity contribution >= 4 is 40.2 Å². The molecule has 37 heavy (non-hydrogen) atoms. The summed E-state index contributed by atoms with van der Waals surface area (Å²) in [6, 6.07) is 10.00. The first kappa shape index (κ1) is 26.1. The van der Waals surface area contributed by atoms with Crippen LogP contribution in [0.25, 0.3) is 22.2 Å². The van der Waals surface area contributed by atoms with Crippen LogP contribution in [0.2, 0.25) is 5.02 Å². The number of pyridine rings is 1. The fourth-order valence-electron chi connectivity index (χ4n) is 3.49. The zero-order chi connectivity index (χ0) is 26.7. The molecule has 4 aromatic rings. The number of H-pyrrole nitrogens is 1. The Hall–Kier alpha value is -3.96. The number of aromatic amines is 1. The topological polar surface area (TPSA) is 103 Å². The standard InChI is InChI=1S/C25H22ClF3N6O2/c1-35(2)10-9-30-24-31-13-15-11-19(23(37)33-21(15)34-24)18-12-17(7-8-20(18)26)32-22(36)14-3-5-16(6-4-14)25(27,28)29/h3-8,11-13H,9-10H2,1-2H3,(H,32,36)(H2,30,31,33,34,37). The van der Waals surface area contributed by atoms with Crippen molar-refractivity contribution in [3.8, 4) is 11.1 Å². The van der Waals surface area contributed by atoms with Crippen molar-refractivity contribution in [3.05, 3.63) is 81.2 Å². The fourth-order valence-corrected chi connectivity index (χ4v) is 3.71. The molecule has 0 aliphatic heterocycles.